The minimum absolute atomic E-state index is 0.0474. The third-order valence-electron chi connectivity index (χ3n) is 1.95. The summed E-state index contributed by atoms with van der Waals surface area (Å²) >= 11 is 6.39. The van der Waals surface area contributed by atoms with Gasteiger partial charge >= 0.3 is 0 Å². The van der Waals surface area contributed by atoms with Crippen LogP contribution < -0.4 is 4.90 Å². The Hall–Kier alpha value is -0.370. The zero-order chi connectivity index (χ0) is 10.1. The van der Waals surface area contributed by atoms with Crippen molar-refractivity contribution in [3.05, 3.63) is 16.0 Å². The molecule has 0 bridgehead atoms. The third-order valence-corrected chi connectivity index (χ3v) is 2.86. The highest BCUT2D eigenvalue weighted by Crippen LogP contribution is 2.20. The first kappa shape index (κ1) is 10.2. The van der Waals surface area contributed by atoms with Crippen LogP contribution in [-0.2, 0) is 4.79 Å². The predicted octanol–water partition coefficient (Wildman–Crippen LogP) is 1.12. The molecule has 1 atom stereocenters. The molecule has 0 spiro atoms. The lowest BCUT2D eigenvalue weighted by Crippen LogP contribution is -2.26. The number of hydrogen-bond acceptors (Lipinski definition) is 4. The van der Waals surface area contributed by atoms with Crippen LogP contribution in [-0.4, -0.2) is 27.7 Å². The van der Waals surface area contributed by atoms with Crippen molar-refractivity contribution in [2.45, 2.75) is 11.7 Å². The van der Waals surface area contributed by atoms with Crippen LogP contribution in [0.5, 0.6) is 0 Å². The van der Waals surface area contributed by atoms with E-state index in [1.807, 2.05) is 0 Å². The molecule has 4 nitrogen and oxygen atoms in total. The molecule has 0 N–H and O–H groups in total. The molecule has 1 aliphatic rings. The van der Waals surface area contributed by atoms with E-state index < -0.39 is 0 Å². The van der Waals surface area contributed by atoms with Crippen LogP contribution in [0, 0.1) is 3.57 Å². The van der Waals surface area contributed by atoms with Gasteiger partial charge in [0.05, 0.1) is 0 Å². The fraction of sp³-hybridized carbons (Fsp3) is 0.375. The highest BCUT2D eigenvalue weighted by molar-refractivity contribution is 14.1. The van der Waals surface area contributed by atoms with Crippen LogP contribution in [0.15, 0.2) is 12.4 Å². The van der Waals surface area contributed by atoms with Crippen molar-refractivity contribution in [1.29, 1.82) is 0 Å². The van der Waals surface area contributed by atoms with Crippen LogP contribution in [0.1, 0.15) is 6.42 Å². The molecule has 1 saturated heterocycles. The van der Waals surface area contributed by atoms with E-state index >= 15 is 0 Å². The van der Waals surface area contributed by atoms with E-state index in [2.05, 4.69) is 45.2 Å². The summed E-state index contributed by atoms with van der Waals surface area (Å²) in [5.74, 6) is 0.526. The normalized spacial score (nSPS) is 21.7. The maximum atomic E-state index is 11.5. The zero-order valence-electron chi connectivity index (χ0n) is 7.22. The molecule has 1 unspecified atom stereocenters. The van der Waals surface area contributed by atoms with E-state index in [4.69, 9.17) is 0 Å². The molecule has 74 valence electrons. The Morgan fingerprint density at radius 3 is 2.64 bits per heavy atom. The second-order valence-electron chi connectivity index (χ2n) is 3.06. The number of thiol groups is 1. The van der Waals surface area contributed by atoms with E-state index in [-0.39, 0.29) is 11.2 Å². The van der Waals surface area contributed by atoms with E-state index in [0.29, 0.717) is 18.9 Å². The molecule has 1 aliphatic heterocycles. The first-order valence-electron chi connectivity index (χ1n) is 4.13. The van der Waals surface area contributed by atoms with Crippen LogP contribution >= 0.6 is 35.2 Å². The molecule has 0 radical (unpaired) electrons. The number of rotatable bonds is 1. The average Bonchev–Trinajstić information content (AvgIpc) is 2.47. The first-order valence-corrected chi connectivity index (χ1v) is 5.72. The molecule has 1 aromatic rings. The number of aromatic nitrogens is 2. The maximum absolute atomic E-state index is 11.5. The Bertz CT molecular complexity index is 356. The summed E-state index contributed by atoms with van der Waals surface area (Å²) < 4.78 is 0.959. The number of anilines is 1. The summed E-state index contributed by atoms with van der Waals surface area (Å²) in [7, 11) is 0. The van der Waals surface area contributed by atoms with E-state index in [1.165, 1.54) is 0 Å². The molecule has 6 heteroatoms. The van der Waals surface area contributed by atoms with Crippen LogP contribution in [0.25, 0.3) is 0 Å². The Labute approximate surface area is 101 Å². The minimum Gasteiger partial charge on any atom is -0.280 e. The average molecular weight is 321 g/mol. The SMILES string of the molecule is O=C1CC(S)CN1c1ncc(I)cn1. The van der Waals surface area contributed by atoms with Gasteiger partial charge in [0, 0.05) is 34.2 Å². The second kappa shape index (κ2) is 4.01. The summed E-state index contributed by atoms with van der Waals surface area (Å²) in [6.07, 6.45) is 3.86. The van der Waals surface area contributed by atoms with E-state index in [9.17, 15) is 4.79 Å². The van der Waals surface area contributed by atoms with Gasteiger partial charge in [-0.2, -0.15) is 12.6 Å². The van der Waals surface area contributed by atoms with Gasteiger partial charge in [-0.1, -0.05) is 0 Å². The van der Waals surface area contributed by atoms with Crippen molar-refractivity contribution < 1.29 is 4.79 Å². The van der Waals surface area contributed by atoms with Crippen molar-refractivity contribution in [2.75, 3.05) is 11.4 Å². The standard InChI is InChI=1S/C8H8IN3OS/c9-5-2-10-8(11-3-5)12-4-6(14)1-7(12)13/h2-3,6,14H,1,4H2. The highest BCUT2D eigenvalue weighted by Gasteiger charge is 2.29. The maximum Gasteiger partial charge on any atom is 0.232 e. The second-order valence-corrected chi connectivity index (χ2v) is 5.04. The quantitative estimate of drug-likeness (QED) is 0.623. The van der Waals surface area contributed by atoms with Crippen LogP contribution in [0.2, 0.25) is 0 Å². The number of amides is 1. The zero-order valence-corrected chi connectivity index (χ0v) is 10.3. The van der Waals surface area contributed by atoms with Gasteiger partial charge in [0.25, 0.3) is 0 Å². The lowest BCUT2D eigenvalue weighted by Gasteiger charge is -2.12. The summed E-state index contributed by atoms with van der Waals surface area (Å²) in [5.41, 5.74) is 0. The number of hydrogen-bond donors (Lipinski definition) is 1. The fourth-order valence-electron chi connectivity index (χ4n) is 1.33. The summed E-state index contributed by atoms with van der Waals surface area (Å²) in [6.45, 7) is 0.600. The van der Waals surface area contributed by atoms with E-state index in [0.717, 1.165) is 3.57 Å². The largest absolute Gasteiger partial charge is 0.280 e. The monoisotopic (exact) mass is 321 g/mol. The van der Waals surface area contributed by atoms with E-state index in [1.54, 1.807) is 17.3 Å². The molecule has 1 aromatic heterocycles. The van der Waals surface area contributed by atoms with Gasteiger partial charge in [-0.25, -0.2) is 9.97 Å². The van der Waals surface area contributed by atoms with Gasteiger partial charge in [0.2, 0.25) is 11.9 Å². The van der Waals surface area contributed by atoms with Gasteiger partial charge in [-0.15, -0.1) is 0 Å². The third kappa shape index (κ3) is 2.00. The van der Waals surface area contributed by atoms with Gasteiger partial charge in [-0.05, 0) is 22.6 Å². The molecular formula is C8H8IN3OS. The number of carbonyl (C=O) groups is 1. The number of carbonyl (C=O) groups excluding carboxylic acids is 1. The van der Waals surface area contributed by atoms with Crippen molar-refractivity contribution >= 4 is 47.1 Å². The minimum atomic E-state index is 0.0474. The fourth-order valence-corrected chi connectivity index (χ4v) is 1.92. The Kier molecular flexibility index (Phi) is 2.91. The number of nitrogens with zero attached hydrogens (tertiary/aromatic N) is 3. The predicted molar refractivity (Wildman–Crippen MR) is 64.5 cm³/mol. The Balaban J connectivity index is 2.23. The van der Waals surface area contributed by atoms with Gasteiger partial charge in [-0.3, -0.25) is 9.69 Å². The molecule has 2 rings (SSSR count). The molecule has 14 heavy (non-hydrogen) atoms. The number of halogens is 1. The lowest BCUT2D eigenvalue weighted by molar-refractivity contribution is -0.117. The van der Waals surface area contributed by atoms with Gasteiger partial charge in [0.1, 0.15) is 0 Å². The summed E-state index contributed by atoms with van der Waals surface area (Å²) in [5, 5.41) is 0.102. The van der Waals surface area contributed by atoms with Gasteiger partial charge < -0.3 is 0 Å². The summed E-state index contributed by atoms with van der Waals surface area (Å²) in [4.78, 5) is 21.2. The van der Waals surface area contributed by atoms with Crippen molar-refractivity contribution in [3.63, 3.8) is 0 Å². The molecular weight excluding hydrogens is 313 g/mol. The van der Waals surface area contributed by atoms with Gasteiger partial charge in [0.15, 0.2) is 0 Å². The molecule has 0 aromatic carbocycles. The van der Waals surface area contributed by atoms with Crippen molar-refractivity contribution in [3.8, 4) is 0 Å². The Morgan fingerprint density at radius 2 is 2.14 bits per heavy atom. The molecule has 1 amide bonds. The highest BCUT2D eigenvalue weighted by atomic mass is 127. The lowest BCUT2D eigenvalue weighted by atomic mass is 10.4. The van der Waals surface area contributed by atoms with Crippen LogP contribution in [0.4, 0.5) is 5.95 Å². The molecule has 0 saturated carbocycles. The summed E-state index contributed by atoms with van der Waals surface area (Å²) in [6, 6.07) is 0. The molecule has 0 aliphatic carbocycles. The smallest absolute Gasteiger partial charge is 0.232 e. The Morgan fingerprint density at radius 1 is 1.50 bits per heavy atom. The molecule has 2 heterocycles. The topological polar surface area (TPSA) is 46.1 Å². The van der Waals surface area contributed by atoms with Crippen molar-refractivity contribution in [1.82, 2.24) is 9.97 Å². The molecule has 1 fully saturated rings. The van der Waals surface area contributed by atoms with Crippen molar-refractivity contribution in [2.24, 2.45) is 0 Å². The first-order chi connectivity index (χ1) is 6.66. The van der Waals surface area contributed by atoms with Crippen LogP contribution in [0.3, 0.4) is 0 Å².